The Kier molecular flexibility index (Phi) is 5.28. The van der Waals surface area contributed by atoms with Gasteiger partial charge in [0.15, 0.2) is 5.82 Å². The van der Waals surface area contributed by atoms with Gasteiger partial charge in [-0.3, -0.25) is 14.2 Å². The van der Waals surface area contributed by atoms with Crippen molar-refractivity contribution >= 4 is 22.5 Å². The lowest BCUT2D eigenvalue weighted by Gasteiger charge is -2.17. The predicted molar refractivity (Wildman–Crippen MR) is 124 cm³/mol. The minimum Gasteiger partial charge on any atom is -0.339 e. The van der Waals surface area contributed by atoms with Gasteiger partial charge >= 0.3 is 0 Å². The molecular weight excluding hydrogens is 418 g/mol. The molecule has 1 saturated heterocycles. The van der Waals surface area contributed by atoms with E-state index in [1.54, 1.807) is 15.5 Å². The van der Waals surface area contributed by atoms with Crippen LogP contribution in [0.15, 0.2) is 51.8 Å². The Hall–Kier alpha value is -3.81. The van der Waals surface area contributed by atoms with E-state index < -0.39 is 0 Å². The number of aryl methyl sites for hydroxylation is 3. The number of carbonyl (C=O) groups is 1. The average Bonchev–Trinajstić information content (AvgIpc) is 3.44. The van der Waals surface area contributed by atoms with Crippen LogP contribution in [0.5, 0.6) is 0 Å². The largest absolute Gasteiger partial charge is 0.339 e. The summed E-state index contributed by atoms with van der Waals surface area (Å²) >= 11 is 0. The zero-order chi connectivity index (χ0) is 23.1. The zero-order valence-electron chi connectivity index (χ0n) is 18.9. The SMILES string of the molecule is CCc1nc2ccccc2c(=O)n1Cc1noc([C@H]2CC(=O)N(c3ccc(C)c(C)c3)C2)n1. The smallest absolute Gasteiger partial charge is 0.261 e. The Morgan fingerprint density at radius 3 is 2.67 bits per heavy atom. The van der Waals surface area contributed by atoms with Crippen LogP contribution in [0.1, 0.15) is 47.9 Å². The lowest BCUT2D eigenvalue weighted by Crippen LogP contribution is -2.26. The number of rotatable bonds is 5. The molecule has 4 aromatic rings. The molecule has 0 spiro atoms. The standard InChI is InChI=1S/C25H25N5O3/c1-4-22-26-20-8-6-5-7-19(20)25(32)30(22)14-21-27-24(33-28-21)17-12-23(31)29(13-17)18-10-9-15(2)16(3)11-18/h5-11,17H,4,12-14H2,1-3H3/t17-/m0/s1. The molecule has 0 bridgehead atoms. The van der Waals surface area contributed by atoms with Crippen molar-refractivity contribution in [1.29, 1.82) is 0 Å². The van der Waals surface area contributed by atoms with Crippen molar-refractivity contribution in [2.24, 2.45) is 0 Å². The Morgan fingerprint density at radius 1 is 1.06 bits per heavy atom. The summed E-state index contributed by atoms with van der Waals surface area (Å²) in [4.78, 5) is 36.7. The maximum Gasteiger partial charge on any atom is 0.261 e. The average molecular weight is 444 g/mol. The summed E-state index contributed by atoms with van der Waals surface area (Å²) < 4.78 is 7.12. The summed E-state index contributed by atoms with van der Waals surface area (Å²) in [7, 11) is 0. The number of fused-ring (bicyclic) bond motifs is 1. The Balaban J connectivity index is 1.39. The van der Waals surface area contributed by atoms with Crippen LogP contribution in [0, 0.1) is 13.8 Å². The summed E-state index contributed by atoms with van der Waals surface area (Å²) in [5, 5.41) is 4.66. The van der Waals surface area contributed by atoms with Crippen LogP contribution in [0.4, 0.5) is 5.69 Å². The molecule has 2 aromatic heterocycles. The molecular formula is C25H25N5O3. The van der Waals surface area contributed by atoms with Crippen molar-refractivity contribution in [2.75, 3.05) is 11.4 Å². The maximum atomic E-state index is 13.1. The summed E-state index contributed by atoms with van der Waals surface area (Å²) in [5.41, 5.74) is 3.77. The first-order chi connectivity index (χ1) is 15.9. The number of hydrogen-bond acceptors (Lipinski definition) is 6. The summed E-state index contributed by atoms with van der Waals surface area (Å²) in [6, 6.07) is 13.3. The van der Waals surface area contributed by atoms with Crippen molar-refractivity contribution in [3.8, 4) is 0 Å². The third-order valence-electron chi connectivity index (χ3n) is 6.32. The highest BCUT2D eigenvalue weighted by molar-refractivity contribution is 5.96. The molecule has 1 aliphatic rings. The van der Waals surface area contributed by atoms with E-state index in [0.717, 1.165) is 11.3 Å². The second-order valence-electron chi connectivity index (χ2n) is 8.51. The molecule has 1 atom stereocenters. The van der Waals surface area contributed by atoms with Crippen molar-refractivity contribution < 1.29 is 9.32 Å². The van der Waals surface area contributed by atoms with E-state index in [0.29, 0.717) is 47.8 Å². The normalized spacial score (nSPS) is 16.2. The fourth-order valence-electron chi connectivity index (χ4n) is 4.30. The topological polar surface area (TPSA) is 94.1 Å². The Morgan fingerprint density at radius 2 is 1.88 bits per heavy atom. The second-order valence-corrected chi connectivity index (χ2v) is 8.51. The van der Waals surface area contributed by atoms with Gasteiger partial charge in [-0.05, 0) is 49.2 Å². The highest BCUT2D eigenvalue weighted by Crippen LogP contribution is 2.32. The van der Waals surface area contributed by atoms with Gasteiger partial charge in [-0.2, -0.15) is 4.98 Å². The minimum atomic E-state index is -0.183. The van der Waals surface area contributed by atoms with Gasteiger partial charge in [0.2, 0.25) is 11.8 Å². The number of anilines is 1. The van der Waals surface area contributed by atoms with E-state index in [1.165, 1.54) is 5.56 Å². The molecule has 0 unspecified atom stereocenters. The number of hydrogen-bond donors (Lipinski definition) is 0. The molecule has 33 heavy (non-hydrogen) atoms. The quantitative estimate of drug-likeness (QED) is 0.468. The molecule has 0 radical (unpaired) electrons. The molecule has 1 amide bonds. The molecule has 8 heteroatoms. The van der Waals surface area contributed by atoms with Gasteiger partial charge < -0.3 is 9.42 Å². The van der Waals surface area contributed by atoms with E-state index in [-0.39, 0.29) is 23.9 Å². The minimum absolute atomic E-state index is 0.0335. The number of amides is 1. The first-order valence-electron chi connectivity index (χ1n) is 11.1. The second kappa shape index (κ2) is 8.27. The van der Waals surface area contributed by atoms with Crippen LogP contribution in [0.3, 0.4) is 0 Å². The van der Waals surface area contributed by atoms with Crippen molar-refractivity contribution in [2.45, 2.75) is 46.1 Å². The fourth-order valence-corrected chi connectivity index (χ4v) is 4.30. The summed E-state index contributed by atoms with van der Waals surface area (Å²) in [5.74, 6) is 1.34. The summed E-state index contributed by atoms with van der Waals surface area (Å²) in [6.45, 7) is 6.70. The van der Waals surface area contributed by atoms with Crippen LogP contribution in [0.25, 0.3) is 10.9 Å². The van der Waals surface area contributed by atoms with E-state index >= 15 is 0 Å². The lowest BCUT2D eigenvalue weighted by molar-refractivity contribution is -0.117. The number of aromatic nitrogens is 4. The third kappa shape index (κ3) is 3.82. The van der Waals surface area contributed by atoms with Gasteiger partial charge in [0.05, 0.1) is 23.4 Å². The zero-order valence-corrected chi connectivity index (χ0v) is 18.9. The van der Waals surface area contributed by atoms with Crippen LogP contribution >= 0.6 is 0 Å². The Labute approximate surface area is 190 Å². The van der Waals surface area contributed by atoms with Gasteiger partial charge in [-0.15, -0.1) is 0 Å². The molecule has 1 aliphatic heterocycles. The van der Waals surface area contributed by atoms with Crippen LogP contribution in [-0.2, 0) is 17.8 Å². The van der Waals surface area contributed by atoms with E-state index in [1.807, 2.05) is 57.2 Å². The fraction of sp³-hybridized carbons (Fsp3) is 0.320. The number of benzene rings is 2. The lowest BCUT2D eigenvalue weighted by atomic mass is 10.1. The first kappa shape index (κ1) is 21.1. The van der Waals surface area contributed by atoms with Gasteiger partial charge in [0.25, 0.3) is 5.56 Å². The Bertz CT molecular complexity index is 1420. The highest BCUT2D eigenvalue weighted by atomic mass is 16.5. The van der Waals surface area contributed by atoms with Crippen LogP contribution in [0.2, 0.25) is 0 Å². The highest BCUT2D eigenvalue weighted by Gasteiger charge is 2.35. The van der Waals surface area contributed by atoms with E-state index in [2.05, 4.69) is 15.1 Å². The molecule has 0 aliphatic carbocycles. The summed E-state index contributed by atoms with van der Waals surface area (Å²) in [6.07, 6.45) is 0.916. The van der Waals surface area contributed by atoms with E-state index in [4.69, 9.17) is 4.52 Å². The van der Waals surface area contributed by atoms with E-state index in [9.17, 15) is 9.59 Å². The molecule has 168 valence electrons. The maximum absolute atomic E-state index is 13.1. The molecule has 3 heterocycles. The predicted octanol–water partition coefficient (Wildman–Crippen LogP) is 3.53. The van der Waals surface area contributed by atoms with Gasteiger partial charge in [-0.25, -0.2) is 4.98 Å². The van der Waals surface area contributed by atoms with Crippen molar-refractivity contribution in [1.82, 2.24) is 19.7 Å². The number of carbonyl (C=O) groups excluding carboxylic acids is 1. The molecule has 5 rings (SSSR count). The molecule has 2 aromatic carbocycles. The van der Waals surface area contributed by atoms with Crippen molar-refractivity contribution in [3.63, 3.8) is 0 Å². The van der Waals surface area contributed by atoms with Gasteiger partial charge in [0.1, 0.15) is 5.82 Å². The monoisotopic (exact) mass is 443 g/mol. The van der Waals surface area contributed by atoms with Gasteiger partial charge in [-0.1, -0.05) is 30.3 Å². The molecule has 0 N–H and O–H groups in total. The first-order valence-corrected chi connectivity index (χ1v) is 11.1. The molecule has 8 nitrogen and oxygen atoms in total. The van der Waals surface area contributed by atoms with Gasteiger partial charge in [0, 0.05) is 25.1 Å². The van der Waals surface area contributed by atoms with Crippen molar-refractivity contribution in [3.05, 3.63) is 81.5 Å². The molecule has 1 fully saturated rings. The molecule has 0 saturated carbocycles. The van der Waals surface area contributed by atoms with Crippen LogP contribution < -0.4 is 10.5 Å². The third-order valence-corrected chi connectivity index (χ3v) is 6.32. The number of para-hydroxylation sites is 1. The number of nitrogens with zero attached hydrogens (tertiary/aromatic N) is 5. The van der Waals surface area contributed by atoms with Crippen LogP contribution in [-0.4, -0.2) is 32.1 Å².